The van der Waals surface area contributed by atoms with E-state index in [9.17, 15) is 4.79 Å². The predicted molar refractivity (Wildman–Crippen MR) is 74.5 cm³/mol. The van der Waals surface area contributed by atoms with Crippen molar-refractivity contribution in [2.24, 2.45) is 10.9 Å². The standard InChI is InChI=1S/C10H11ClIN3O2/c1-15(5-9(13)14-17)10(16)6-2-3-8(12)7(11)4-6/h2-4,17H,5H2,1H3,(H2,13,14). The molecule has 0 spiro atoms. The number of carbonyl (C=O) groups is 1. The summed E-state index contributed by atoms with van der Waals surface area (Å²) in [6, 6.07) is 5.03. The van der Waals surface area contributed by atoms with Crippen LogP contribution in [0.1, 0.15) is 10.4 Å². The number of likely N-dealkylation sites (N-methyl/N-ethyl adjacent to an activating group) is 1. The number of amides is 1. The molecular weight excluding hydrogens is 356 g/mol. The number of nitrogens with zero attached hydrogens (tertiary/aromatic N) is 2. The van der Waals surface area contributed by atoms with Crippen molar-refractivity contribution in [1.29, 1.82) is 0 Å². The molecule has 0 atom stereocenters. The van der Waals surface area contributed by atoms with Crippen LogP contribution in [0.4, 0.5) is 0 Å². The van der Waals surface area contributed by atoms with E-state index in [1.807, 2.05) is 0 Å². The highest BCUT2D eigenvalue weighted by atomic mass is 127. The van der Waals surface area contributed by atoms with Crippen LogP contribution in [-0.2, 0) is 0 Å². The molecule has 17 heavy (non-hydrogen) atoms. The quantitative estimate of drug-likeness (QED) is 0.281. The smallest absolute Gasteiger partial charge is 0.254 e. The number of rotatable bonds is 3. The highest BCUT2D eigenvalue weighted by molar-refractivity contribution is 14.1. The summed E-state index contributed by atoms with van der Waals surface area (Å²) in [4.78, 5) is 13.3. The Morgan fingerprint density at radius 3 is 2.82 bits per heavy atom. The molecule has 5 nitrogen and oxygen atoms in total. The Hall–Kier alpha value is -1.02. The SMILES string of the molecule is CN(C/C(N)=N/O)C(=O)c1ccc(I)c(Cl)c1. The molecule has 0 aliphatic heterocycles. The first kappa shape index (κ1) is 14.0. The van der Waals surface area contributed by atoms with Crippen molar-refractivity contribution in [3.05, 3.63) is 32.4 Å². The number of nitrogens with two attached hydrogens (primary N) is 1. The minimum Gasteiger partial charge on any atom is -0.409 e. The molecule has 1 amide bonds. The van der Waals surface area contributed by atoms with Crippen molar-refractivity contribution >= 4 is 45.9 Å². The van der Waals surface area contributed by atoms with Gasteiger partial charge in [0, 0.05) is 16.2 Å². The van der Waals surface area contributed by atoms with E-state index < -0.39 is 0 Å². The van der Waals surface area contributed by atoms with Crippen molar-refractivity contribution in [2.75, 3.05) is 13.6 Å². The first-order valence-electron chi connectivity index (χ1n) is 4.62. The van der Waals surface area contributed by atoms with Gasteiger partial charge in [0.25, 0.3) is 5.91 Å². The molecule has 0 unspecified atom stereocenters. The first-order valence-corrected chi connectivity index (χ1v) is 6.08. The average molecular weight is 368 g/mol. The fraction of sp³-hybridized carbons (Fsp3) is 0.200. The summed E-state index contributed by atoms with van der Waals surface area (Å²) in [6.45, 7) is 0.0545. The summed E-state index contributed by atoms with van der Waals surface area (Å²) < 4.78 is 0.875. The lowest BCUT2D eigenvalue weighted by Gasteiger charge is -2.16. The Balaban J connectivity index is 2.85. The lowest BCUT2D eigenvalue weighted by atomic mass is 10.2. The lowest BCUT2D eigenvalue weighted by Crippen LogP contribution is -2.35. The van der Waals surface area contributed by atoms with Crippen molar-refractivity contribution < 1.29 is 10.0 Å². The molecule has 7 heteroatoms. The topological polar surface area (TPSA) is 78.9 Å². The van der Waals surface area contributed by atoms with Gasteiger partial charge in [-0.2, -0.15) is 0 Å². The van der Waals surface area contributed by atoms with Crippen LogP contribution in [-0.4, -0.2) is 35.4 Å². The Labute approximate surface area is 117 Å². The van der Waals surface area contributed by atoms with E-state index in [-0.39, 0.29) is 18.3 Å². The van der Waals surface area contributed by atoms with Gasteiger partial charge in [-0.1, -0.05) is 16.8 Å². The zero-order valence-corrected chi connectivity index (χ0v) is 11.9. The molecule has 92 valence electrons. The Kier molecular flexibility index (Phi) is 5.01. The molecule has 3 N–H and O–H groups in total. The normalized spacial score (nSPS) is 11.4. The van der Waals surface area contributed by atoms with Crippen molar-refractivity contribution in [3.8, 4) is 0 Å². The summed E-state index contributed by atoms with van der Waals surface area (Å²) in [6.07, 6.45) is 0. The van der Waals surface area contributed by atoms with Crippen LogP contribution >= 0.6 is 34.2 Å². The Bertz CT molecular complexity index is 465. The van der Waals surface area contributed by atoms with Crippen LogP contribution in [0.2, 0.25) is 5.02 Å². The van der Waals surface area contributed by atoms with Crippen LogP contribution in [0.25, 0.3) is 0 Å². The molecule has 0 aromatic heterocycles. The second-order valence-electron chi connectivity index (χ2n) is 3.38. The van der Waals surface area contributed by atoms with E-state index in [1.165, 1.54) is 4.90 Å². The van der Waals surface area contributed by atoms with E-state index in [1.54, 1.807) is 25.2 Å². The third kappa shape index (κ3) is 3.74. The minimum atomic E-state index is -0.241. The second-order valence-corrected chi connectivity index (χ2v) is 4.95. The largest absolute Gasteiger partial charge is 0.409 e. The fourth-order valence-electron chi connectivity index (χ4n) is 1.20. The van der Waals surface area contributed by atoms with Gasteiger partial charge in [-0.25, -0.2) is 0 Å². The zero-order chi connectivity index (χ0) is 13.0. The van der Waals surface area contributed by atoms with Gasteiger partial charge in [-0.15, -0.1) is 0 Å². The lowest BCUT2D eigenvalue weighted by molar-refractivity contribution is 0.0813. The van der Waals surface area contributed by atoms with Crippen LogP contribution in [0, 0.1) is 3.57 Å². The minimum absolute atomic E-state index is 0.0301. The van der Waals surface area contributed by atoms with Crippen molar-refractivity contribution in [2.45, 2.75) is 0 Å². The number of benzene rings is 1. The van der Waals surface area contributed by atoms with Crippen molar-refractivity contribution in [1.82, 2.24) is 4.90 Å². The van der Waals surface area contributed by atoms with Gasteiger partial charge in [0.15, 0.2) is 5.84 Å². The summed E-state index contributed by atoms with van der Waals surface area (Å²) in [7, 11) is 1.56. The van der Waals surface area contributed by atoms with Gasteiger partial charge in [-0.3, -0.25) is 4.79 Å². The number of hydrogen-bond donors (Lipinski definition) is 2. The number of hydrogen-bond acceptors (Lipinski definition) is 3. The van der Waals surface area contributed by atoms with E-state index in [0.717, 1.165) is 3.57 Å². The zero-order valence-electron chi connectivity index (χ0n) is 9.02. The molecular formula is C10H11ClIN3O2. The van der Waals surface area contributed by atoms with Crippen LogP contribution in [0.3, 0.4) is 0 Å². The van der Waals surface area contributed by atoms with Gasteiger partial charge in [0.05, 0.1) is 11.6 Å². The molecule has 0 fully saturated rings. The molecule has 0 bridgehead atoms. The van der Waals surface area contributed by atoms with E-state index in [4.69, 9.17) is 22.5 Å². The predicted octanol–water partition coefficient (Wildman–Crippen LogP) is 1.76. The summed E-state index contributed by atoms with van der Waals surface area (Å²) in [5.41, 5.74) is 5.78. The number of amidine groups is 1. The van der Waals surface area contributed by atoms with Crippen LogP contribution in [0.5, 0.6) is 0 Å². The summed E-state index contributed by atoms with van der Waals surface area (Å²) in [5, 5.41) is 11.8. The van der Waals surface area contributed by atoms with Crippen LogP contribution < -0.4 is 5.73 Å². The highest BCUT2D eigenvalue weighted by Gasteiger charge is 2.13. The molecule has 0 radical (unpaired) electrons. The fourth-order valence-corrected chi connectivity index (χ4v) is 1.71. The van der Waals surface area contributed by atoms with Gasteiger partial charge >= 0.3 is 0 Å². The van der Waals surface area contributed by atoms with E-state index >= 15 is 0 Å². The van der Waals surface area contributed by atoms with Gasteiger partial charge in [-0.05, 0) is 40.8 Å². The van der Waals surface area contributed by atoms with E-state index in [2.05, 4.69) is 27.7 Å². The second kappa shape index (κ2) is 6.06. The van der Waals surface area contributed by atoms with Crippen LogP contribution in [0.15, 0.2) is 23.4 Å². The molecule has 1 aromatic carbocycles. The molecule has 0 saturated carbocycles. The molecule has 1 aromatic rings. The third-order valence-electron chi connectivity index (χ3n) is 2.04. The Morgan fingerprint density at radius 1 is 1.65 bits per heavy atom. The van der Waals surface area contributed by atoms with E-state index in [0.29, 0.717) is 10.6 Å². The molecule has 0 aliphatic rings. The molecule has 0 saturated heterocycles. The summed E-state index contributed by atoms with van der Waals surface area (Å²) >= 11 is 8.01. The van der Waals surface area contributed by atoms with Gasteiger partial charge in [0.2, 0.25) is 0 Å². The number of oxime groups is 1. The monoisotopic (exact) mass is 367 g/mol. The average Bonchev–Trinajstić information content (AvgIpc) is 2.31. The Morgan fingerprint density at radius 2 is 2.29 bits per heavy atom. The molecule has 0 heterocycles. The molecule has 0 aliphatic carbocycles. The number of carbonyl (C=O) groups excluding carboxylic acids is 1. The maximum atomic E-state index is 11.9. The van der Waals surface area contributed by atoms with Crippen molar-refractivity contribution in [3.63, 3.8) is 0 Å². The third-order valence-corrected chi connectivity index (χ3v) is 3.61. The van der Waals surface area contributed by atoms with Gasteiger partial charge in [0.1, 0.15) is 0 Å². The number of halogens is 2. The molecule has 1 rings (SSSR count). The first-order chi connectivity index (χ1) is 7.95. The maximum absolute atomic E-state index is 11.9. The summed E-state index contributed by atoms with van der Waals surface area (Å²) in [5.74, 6) is -0.271. The van der Waals surface area contributed by atoms with Gasteiger partial charge < -0.3 is 15.8 Å². The maximum Gasteiger partial charge on any atom is 0.254 e. The highest BCUT2D eigenvalue weighted by Crippen LogP contribution is 2.20.